The summed E-state index contributed by atoms with van der Waals surface area (Å²) in [5.41, 5.74) is 0.956. The number of rotatable bonds is 6. The van der Waals surface area contributed by atoms with E-state index in [9.17, 15) is 4.79 Å². The van der Waals surface area contributed by atoms with Crippen LogP contribution in [0.3, 0.4) is 0 Å². The molecule has 0 aliphatic carbocycles. The molecule has 5 heteroatoms. The molecule has 1 N–H and O–H groups in total. The molecule has 4 nitrogen and oxygen atoms in total. The number of para-hydroxylation sites is 2. The van der Waals surface area contributed by atoms with Crippen molar-refractivity contribution in [1.82, 2.24) is 0 Å². The van der Waals surface area contributed by atoms with Gasteiger partial charge in [0.15, 0.2) is 0 Å². The Labute approximate surface area is 122 Å². The van der Waals surface area contributed by atoms with Crippen molar-refractivity contribution < 1.29 is 14.3 Å². The highest BCUT2D eigenvalue weighted by atomic mass is 32.1. The molecule has 0 spiro atoms. The Balaban J connectivity index is 1.96. The lowest BCUT2D eigenvalue weighted by atomic mass is 10.3. The molecule has 2 rings (SSSR count). The fourth-order valence-corrected chi connectivity index (χ4v) is 2.74. The summed E-state index contributed by atoms with van der Waals surface area (Å²) in [6, 6.07) is 11.8. The van der Waals surface area contributed by atoms with Gasteiger partial charge in [-0.15, -0.1) is 11.3 Å². The first kappa shape index (κ1) is 14.4. The van der Waals surface area contributed by atoms with Crippen molar-refractivity contribution in [2.24, 2.45) is 0 Å². The van der Waals surface area contributed by atoms with E-state index >= 15 is 0 Å². The van der Waals surface area contributed by atoms with Crippen LogP contribution in [0.1, 0.15) is 9.75 Å². The van der Waals surface area contributed by atoms with Crippen LogP contribution in [0.4, 0.5) is 5.69 Å². The maximum absolute atomic E-state index is 11.2. The number of carbonyl (C=O) groups excluding carboxylic acids is 1. The fraction of sp³-hybridized carbons (Fsp3) is 0.267. The van der Waals surface area contributed by atoms with Gasteiger partial charge in [0.25, 0.3) is 0 Å². The van der Waals surface area contributed by atoms with Crippen LogP contribution >= 0.6 is 11.3 Å². The summed E-state index contributed by atoms with van der Waals surface area (Å²) < 4.78 is 9.94. The average Bonchev–Trinajstić information content (AvgIpc) is 2.92. The molecule has 0 aliphatic heterocycles. The summed E-state index contributed by atoms with van der Waals surface area (Å²) in [6.45, 7) is 0.701. The fourth-order valence-electron chi connectivity index (χ4n) is 1.80. The van der Waals surface area contributed by atoms with E-state index in [2.05, 4.69) is 10.1 Å². The molecule has 0 radical (unpaired) electrons. The van der Waals surface area contributed by atoms with Gasteiger partial charge in [0.2, 0.25) is 0 Å². The van der Waals surface area contributed by atoms with Crippen LogP contribution in [0.5, 0.6) is 5.75 Å². The molecule has 1 aromatic carbocycles. The van der Waals surface area contributed by atoms with Gasteiger partial charge in [0.1, 0.15) is 5.75 Å². The number of benzene rings is 1. The Hall–Kier alpha value is -2.01. The van der Waals surface area contributed by atoms with Gasteiger partial charge in [-0.1, -0.05) is 12.1 Å². The molecule has 0 bridgehead atoms. The molecular weight excluding hydrogens is 274 g/mol. The molecular formula is C15H17NO3S. The Morgan fingerprint density at radius 1 is 1.15 bits per heavy atom. The van der Waals surface area contributed by atoms with E-state index in [0.29, 0.717) is 13.0 Å². The Kier molecular flexibility index (Phi) is 5.01. The maximum atomic E-state index is 11.2. The molecule has 2 aromatic rings. The van der Waals surface area contributed by atoms with E-state index < -0.39 is 0 Å². The molecule has 0 aliphatic rings. The van der Waals surface area contributed by atoms with E-state index in [1.54, 1.807) is 18.4 Å². The van der Waals surface area contributed by atoms with Crippen molar-refractivity contribution in [1.29, 1.82) is 0 Å². The number of thiophene rings is 1. The third kappa shape index (κ3) is 3.74. The van der Waals surface area contributed by atoms with Gasteiger partial charge in [-0.25, -0.2) is 0 Å². The number of methoxy groups -OCH3 is 2. The summed E-state index contributed by atoms with van der Waals surface area (Å²) >= 11 is 1.61. The quantitative estimate of drug-likeness (QED) is 0.831. The molecule has 0 unspecified atom stereocenters. The van der Waals surface area contributed by atoms with Crippen molar-refractivity contribution in [3.05, 3.63) is 46.2 Å². The highest BCUT2D eigenvalue weighted by Gasteiger charge is 2.07. The first-order valence-corrected chi connectivity index (χ1v) is 7.06. The SMILES string of the molecule is COC(=O)Cc1ccc(CNc2ccccc2OC)s1. The predicted molar refractivity (Wildman–Crippen MR) is 80.4 cm³/mol. The molecule has 106 valence electrons. The standard InChI is InChI=1S/C15H17NO3S/c1-18-14-6-4-3-5-13(14)16-10-12-8-7-11(20-12)9-15(17)19-2/h3-8,16H,9-10H2,1-2H3. The molecule has 1 aromatic heterocycles. The topological polar surface area (TPSA) is 47.6 Å². The van der Waals surface area contributed by atoms with Gasteiger partial charge in [-0.05, 0) is 24.3 Å². The zero-order chi connectivity index (χ0) is 14.4. The highest BCUT2D eigenvalue weighted by molar-refractivity contribution is 7.12. The third-order valence-corrected chi connectivity index (χ3v) is 3.91. The molecule has 0 atom stereocenters. The van der Waals surface area contributed by atoms with Crippen molar-refractivity contribution in [2.75, 3.05) is 19.5 Å². The molecule has 20 heavy (non-hydrogen) atoms. The minimum atomic E-state index is -0.212. The van der Waals surface area contributed by atoms with Crippen LogP contribution in [-0.4, -0.2) is 20.2 Å². The first-order valence-electron chi connectivity index (χ1n) is 6.24. The average molecular weight is 291 g/mol. The lowest BCUT2D eigenvalue weighted by Gasteiger charge is -2.09. The minimum Gasteiger partial charge on any atom is -0.495 e. The zero-order valence-corrected chi connectivity index (χ0v) is 12.3. The van der Waals surface area contributed by atoms with Gasteiger partial charge in [0.05, 0.1) is 26.3 Å². The van der Waals surface area contributed by atoms with E-state index in [1.807, 2.05) is 36.4 Å². The van der Waals surface area contributed by atoms with Gasteiger partial charge < -0.3 is 14.8 Å². The number of hydrogen-bond donors (Lipinski definition) is 1. The Morgan fingerprint density at radius 2 is 1.90 bits per heavy atom. The maximum Gasteiger partial charge on any atom is 0.310 e. The number of hydrogen-bond acceptors (Lipinski definition) is 5. The van der Waals surface area contributed by atoms with Crippen LogP contribution in [-0.2, 0) is 22.5 Å². The minimum absolute atomic E-state index is 0.212. The molecule has 1 heterocycles. The van der Waals surface area contributed by atoms with Crippen LogP contribution in [0.2, 0.25) is 0 Å². The molecule has 0 saturated carbocycles. The second-order valence-electron chi connectivity index (χ2n) is 4.17. The molecule has 0 amide bonds. The summed E-state index contributed by atoms with van der Waals surface area (Å²) in [4.78, 5) is 13.4. The lowest BCUT2D eigenvalue weighted by molar-refractivity contribution is -0.139. The summed E-state index contributed by atoms with van der Waals surface area (Å²) in [5.74, 6) is 0.606. The zero-order valence-electron chi connectivity index (χ0n) is 11.5. The predicted octanol–water partition coefficient (Wildman–Crippen LogP) is 3.08. The van der Waals surface area contributed by atoms with E-state index in [0.717, 1.165) is 21.2 Å². The van der Waals surface area contributed by atoms with E-state index in [1.165, 1.54) is 7.11 Å². The molecule has 0 saturated heterocycles. The monoisotopic (exact) mass is 291 g/mol. The second kappa shape index (κ2) is 6.96. The lowest BCUT2D eigenvalue weighted by Crippen LogP contribution is -2.02. The number of ether oxygens (including phenoxy) is 2. The van der Waals surface area contributed by atoms with E-state index in [-0.39, 0.29) is 5.97 Å². The van der Waals surface area contributed by atoms with Gasteiger partial charge in [-0.3, -0.25) is 4.79 Å². The van der Waals surface area contributed by atoms with Gasteiger partial charge in [-0.2, -0.15) is 0 Å². The summed E-state index contributed by atoms with van der Waals surface area (Å²) in [6.07, 6.45) is 0.329. The second-order valence-corrected chi connectivity index (χ2v) is 5.43. The third-order valence-electron chi connectivity index (χ3n) is 2.82. The Morgan fingerprint density at radius 3 is 2.65 bits per heavy atom. The largest absolute Gasteiger partial charge is 0.495 e. The summed E-state index contributed by atoms with van der Waals surface area (Å²) in [7, 11) is 3.06. The first-order chi connectivity index (χ1) is 9.72. The number of carbonyl (C=O) groups is 1. The van der Waals surface area contributed by atoms with Crippen LogP contribution in [0, 0.1) is 0 Å². The van der Waals surface area contributed by atoms with Crippen LogP contribution in [0.15, 0.2) is 36.4 Å². The highest BCUT2D eigenvalue weighted by Crippen LogP contribution is 2.25. The van der Waals surface area contributed by atoms with Gasteiger partial charge >= 0.3 is 5.97 Å². The van der Waals surface area contributed by atoms with Crippen molar-refractivity contribution >= 4 is 23.0 Å². The number of esters is 1. The van der Waals surface area contributed by atoms with Crippen molar-refractivity contribution in [3.63, 3.8) is 0 Å². The molecule has 0 fully saturated rings. The van der Waals surface area contributed by atoms with Crippen molar-refractivity contribution in [3.8, 4) is 5.75 Å². The number of nitrogens with one attached hydrogen (secondary N) is 1. The summed E-state index contributed by atoms with van der Waals surface area (Å²) in [5, 5.41) is 3.33. The van der Waals surface area contributed by atoms with E-state index in [4.69, 9.17) is 4.74 Å². The normalized spacial score (nSPS) is 10.1. The Bertz CT molecular complexity index is 580. The number of anilines is 1. The van der Waals surface area contributed by atoms with Crippen molar-refractivity contribution in [2.45, 2.75) is 13.0 Å². The van der Waals surface area contributed by atoms with Gasteiger partial charge in [0, 0.05) is 16.3 Å². The van der Waals surface area contributed by atoms with Crippen LogP contribution in [0.25, 0.3) is 0 Å². The van der Waals surface area contributed by atoms with Crippen LogP contribution < -0.4 is 10.1 Å². The smallest absolute Gasteiger partial charge is 0.310 e.